The molecule has 0 spiro atoms. The maximum absolute atomic E-state index is 11.9. The third-order valence-electron chi connectivity index (χ3n) is 1.44. The molecule has 0 atom stereocenters. The predicted octanol–water partition coefficient (Wildman–Crippen LogP) is 1.61. The molecule has 82 valence electrons. The number of aliphatic carboxylic acids is 1. The number of hydrogen-bond acceptors (Lipinski definition) is 3. The summed E-state index contributed by atoms with van der Waals surface area (Å²) in [5, 5.41) is 8.43. The van der Waals surface area contributed by atoms with E-state index in [9.17, 15) is 18.0 Å². The van der Waals surface area contributed by atoms with Gasteiger partial charge >= 0.3 is 12.3 Å². The van der Waals surface area contributed by atoms with Crippen molar-refractivity contribution in [2.24, 2.45) is 0 Å². The van der Waals surface area contributed by atoms with Crippen LogP contribution < -0.4 is 4.74 Å². The lowest BCUT2D eigenvalue weighted by Crippen LogP contribution is -2.18. The Morgan fingerprint density at radius 1 is 1.53 bits per heavy atom. The summed E-state index contributed by atoms with van der Waals surface area (Å²) in [5.41, 5.74) is -0.0742. The number of aromatic nitrogens is 1. The molecule has 0 unspecified atom stereocenters. The van der Waals surface area contributed by atoms with Crippen LogP contribution in [0.15, 0.2) is 18.5 Å². The lowest BCUT2D eigenvalue weighted by atomic mass is 10.2. The van der Waals surface area contributed by atoms with Crippen molar-refractivity contribution in [1.82, 2.24) is 4.98 Å². The van der Waals surface area contributed by atoms with Crippen LogP contribution in [0.2, 0.25) is 0 Å². The molecule has 1 heterocycles. The summed E-state index contributed by atoms with van der Waals surface area (Å²) in [6, 6.07) is 1.16. The third kappa shape index (κ3) is 3.84. The highest BCUT2D eigenvalue weighted by atomic mass is 19.4. The first kappa shape index (κ1) is 11.3. The fourth-order valence-electron chi connectivity index (χ4n) is 0.934. The molecule has 0 aliphatic rings. The summed E-state index contributed by atoms with van der Waals surface area (Å²) in [7, 11) is 0. The second-order valence-electron chi connectivity index (χ2n) is 2.60. The Hall–Kier alpha value is -1.79. The van der Waals surface area contributed by atoms with Crippen LogP contribution in [0.1, 0.15) is 5.56 Å². The molecule has 15 heavy (non-hydrogen) atoms. The van der Waals surface area contributed by atoms with Crippen molar-refractivity contribution < 1.29 is 27.8 Å². The van der Waals surface area contributed by atoms with Gasteiger partial charge in [-0.1, -0.05) is 0 Å². The first-order valence-corrected chi connectivity index (χ1v) is 3.79. The number of carbonyl (C=O) groups is 1. The summed E-state index contributed by atoms with van der Waals surface area (Å²) in [5.74, 6) is -1.83. The zero-order valence-corrected chi connectivity index (χ0v) is 7.28. The average Bonchev–Trinajstić information content (AvgIpc) is 2.05. The van der Waals surface area contributed by atoms with Crippen molar-refractivity contribution >= 4 is 5.97 Å². The van der Waals surface area contributed by atoms with E-state index in [0.717, 1.165) is 12.3 Å². The number of carboxylic acids is 1. The van der Waals surface area contributed by atoms with Crippen LogP contribution in [0.5, 0.6) is 5.75 Å². The molecule has 0 amide bonds. The molecule has 1 aromatic rings. The summed E-state index contributed by atoms with van der Waals surface area (Å²) in [4.78, 5) is 13.7. The van der Waals surface area contributed by atoms with Crippen molar-refractivity contribution in [3.05, 3.63) is 24.0 Å². The first-order chi connectivity index (χ1) is 6.88. The van der Waals surface area contributed by atoms with Gasteiger partial charge in [0.25, 0.3) is 0 Å². The van der Waals surface area contributed by atoms with Crippen LogP contribution in [0.3, 0.4) is 0 Å². The fourth-order valence-corrected chi connectivity index (χ4v) is 0.934. The van der Waals surface area contributed by atoms with Crippen LogP contribution in [0.4, 0.5) is 13.2 Å². The molecule has 0 bridgehead atoms. The Labute approximate surface area is 82.3 Å². The molecule has 0 aromatic carbocycles. The molecule has 0 aliphatic carbocycles. The first-order valence-electron chi connectivity index (χ1n) is 3.79. The minimum Gasteiger partial charge on any atom is -0.481 e. The number of pyridine rings is 1. The quantitative estimate of drug-likeness (QED) is 0.842. The number of nitrogens with zero attached hydrogens (tertiary/aromatic N) is 1. The second kappa shape index (κ2) is 4.16. The second-order valence-corrected chi connectivity index (χ2v) is 2.60. The van der Waals surface area contributed by atoms with Crippen molar-refractivity contribution in [2.45, 2.75) is 12.8 Å². The van der Waals surface area contributed by atoms with Gasteiger partial charge < -0.3 is 9.84 Å². The number of ether oxygens (including phenoxy) is 1. The van der Waals surface area contributed by atoms with E-state index in [1.165, 1.54) is 6.20 Å². The Bertz CT molecular complexity index is 364. The third-order valence-corrected chi connectivity index (χ3v) is 1.44. The Kier molecular flexibility index (Phi) is 3.13. The zero-order chi connectivity index (χ0) is 11.5. The molecule has 0 fully saturated rings. The topological polar surface area (TPSA) is 59.4 Å². The molecule has 1 N–H and O–H groups in total. The lowest BCUT2D eigenvalue weighted by molar-refractivity contribution is -0.275. The van der Waals surface area contributed by atoms with E-state index in [0.29, 0.717) is 0 Å². The predicted molar refractivity (Wildman–Crippen MR) is 42.3 cm³/mol. The molecule has 0 saturated carbocycles. The molecule has 0 radical (unpaired) electrons. The lowest BCUT2D eigenvalue weighted by Gasteiger charge is -2.11. The minimum absolute atomic E-state index is 0.0742. The van der Waals surface area contributed by atoms with E-state index in [-0.39, 0.29) is 5.56 Å². The number of rotatable bonds is 3. The minimum atomic E-state index is -4.85. The molecule has 4 nitrogen and oxygen atoms in total. The summed E-state index contributed by atoms with van der Waals surface area (Å²) >= 11 is 0. The van der Waals surface area contributed by atoms with Crippen molar-refractivity contribution in [2.75, 3.05) is 0 Å². The molecule has 0 saturated heterocycles. The molecule has 1 rings (SSSR count). The standard InChI is InChI=1S/C8H6F3NO3/c9-8(10,11)15-6-4-12-2-1-5(6)3-7(13)14/h1-2,4H,3H2,(H,13,14). The number of carboxylic acid groups (broad SMARTS) is 1. The van der Waals surface area contributed by atoms with Crippen molar-refractivity contribution in [3.63, 3.8) is 0 Å². The summed E-state index contributed by atoms with van der Waals surface area (Å²) < 4.78 is 39.2. The van der Waals surface area contributed by atoms with E-state index >= 15 is 0 Å². The van der Waals surface area contributed by atoms with Crippen LogP contribution in [0, 0.1) is 0 Å². The smallest absolute Gasteiger partial charge is 0.481 e. The maximum Gasteiger partial charge on any atom is 0.573 e. The van der Waals surface area contributed by atoms with Gasteiger partial charge in [-0.25, -0.2) is 0 Å². The van der Waals surface area contributed by atoms with E-state index < -0.39 is 24.5 Å². The fraction of sp³-hybridized carbons (Fsp3) is 0.250. The van der Waals surface area contributed by atoms with Gasteiger partial charge in [-0.2, -0.15) is 0 Å². The zero-order valence-electron chi connectivity index (χ0n) is 7.28. The Morgan fingerprint density at radius 2 is 2.20 bits per heavy atom. The van der Waals surface area contributed by atoms with Gasteiger partial charge in [-0.3, -0.25) is 9.78 Å². The van der Waals surface area contributed by atoms with Gasteiger partial charge in [0, 0.05) is 11.8 Å². The SMILES string of the molecule is O=C(O)Cc1ccncc1OC(F)(F)F. The maximum atomic E-state index is 11.9. The van der Waals surface area contributed by atoms with Crippen LogP contribution >= 0.6 is 0 Å². The molecular formula is C8H6F3NO3. The van der Waals surface area contributed by atoms with E-state index in [1.54, 1.807) is 0 Å². The van der Waals surface area contributed by atoms with Crippen LogP contribution in [-0.2, 0) is 11.2 Å². The number of hydrogen-bond donors (Lipinski definition) is 1. The van der Waals surface area contributed by atoms with Gasteiger partial charge in [0.15, 0.2) is 5.75 Å². The molecular weight excluding hydrogens is 215 g/mol. The Balaban J connectivity index is 2.91. The Morgan fingerprint density at radius 3 is 2.73 bits per heavy atom. The highest BCUT2D eigenvalue weighted by Crippen LogP contribution is 2.25. The van der Waals surface area contributed by atoms with Crippen molar-refractivity contribution in [1.29, 1.82) is 0 Å². The molecule has 1 aromatic heterocycles. The molecule has 7 heteroatoms. The van der Waals surface area contributed by atoms with Crippen LogP contribution in [-0.4, -0.2) is 22.4 Å². The molecule has 0 aliphatic heterocycles. The van der Waals surface area contributed by atoms with Gasteiger partial charge in [0.1, 0.15) is 0 Å². The highest BCUT2D eigenvalue weighted by Gasteiger charge is 2.32. The van der Waals surface area contributed by atoms with E-state index in [4.69, 9.17) is 5.11 Å². The van der Waals surface area contributed by atoms with Gasteiger partial charge in [-0.15, -0.1) is 13.2 Å². The van der Waals surface area contributed by atoms with Gasteiger partial charge in [0.2, 0.25) is 0 Å². The number of halogens is 3. The summed E-state index contributed by atoms with van der Waals surface area (Å²) in [6.45, 7) is 0. The van der Waals surface area contributed by atoms with Crippen molar-refractivity contribution in [3.8, 4) is 5.75 Å². The highest BCUT2D eigenvalue weighted by molar-refractivity contribution is 5.71. The van der Waals surface area contributed by atoms with E-state index in [1.807, 2.05) is 0 Å². The normalized spacial score (nSPS) is 11.1. The van der Waals surface area contributed by atoms with Gasteiger partial charge in [-0.05, 0) is 6.07 Å². The summed E-state index contributed by atoms with van der Waals surface area (Å²) in [6.07, 6.45) is -3.38. The number of alkyl halides is 3. The average molecular weight is 221 g/mol. The van der Waals surface area contributed by atoms with Gasteiger partial charge in [0.05, 0.1) is 12.6 Å². The van der Waals surface area contributed by atoms with E-state index in [2.05, 4.69) is 9.72 Å². The monoisotopic (exact) mass is 221 g/mol. The largest absolute Gasteiger partial charge is 0.573 e. The van der Waals surface area contributed by atoms with Crippen LogP contribution in [0.25, 0.3) is 0 Å².